The van der Waals surface area contributed by atoms with Gasteiger partial charge in [-0.05, 0) is 36.8 Å². The van der Waals surface area contributed by atoms with Gasteiger partial charge >= 0.3 is 0 Å². The molecule has 0 aliphatic heterocycles. The maximum Gasteiger partial charge on any atom is 0.291 e. The van der Waals surface area contributed by atoms with E-state index in [9.17, 15) is 27.2 Å². The molecule has 162 valence electrons. The van der Waals surface area contributed by atoms with Gasteiger partial charge in [0.05, 0.1) is 11.5 Å². The second kappa shape index (κ2) is 9.69. The van der Waals surface area contributed by atoms with Crippen LogP contribution in [0.2, 0.25) is 0 Å². The molecule has 0 fully saturated rings. The van der Waals surface area contributed by atoms with Gasteiger partial charge in [-0.25, -0.2) is 17.6 Å². The van der Waals surface area contributed by atoms with E-state index in [0.29, 0.717) is 10.6 Å². The van der Waals surface area contributed by atoms with Crippen LogP contribution in [0.5, 0.6) is 0 Å². The topological polar surface area (TPSA) is 71.3 Å². The fourth-order valence-corrected chi connectivity index (χ4v) is 3.63. The lowest BCUT2D eigenvalue weighted by Crippen LogP contribution is -2.26. The Balaban J connectivity index is 1.73. The Morgan fingerprint density at radius 1 is 1.00 bits per heavy atom. The van der Waals surface area contributed by atoms with Gasteiger partial charge in [0.15, 0.2) is 29.0 Å². The van der Waals surface area contributed by atoms with E-state index in [1.165, 1.54) is 12.3 Å². The first-order valence-electron chi connectivity index (χ1n) is 9.05. The summed E-state index contributed by atoms with van der Waals surface area (Å²) >= 11 is 1.06. The number of rotatable bonds is 7. The molecule has 3 rings (SSSR count). The minimum atomic E-state index is -1.69. The standard InChI is InChI=1S/C21H16F4N2O3S/c1-2-16(21(29)27-19-17(24)13(22)10-14(23)18(19)25)31-12-6-3-5-11(9-12)26-20(28)15-7-4-8-30-15/h3-10,16H,2H2,1H3,(H,26,28)(H,27,29). The van der Waals surface area contributed by atoms with Gasteiger partial charge in [-0.2, -0.15) is 0 Å². The van der Waals surface area contributed by atoms with Crippen molar-refractivity contribution < 1.29 is 31.6 Å². The van der Waals surface area contributed by atoms with Gasteiger partial charge in [-0.3, -0.25) is 9.59 Å². The number of hydrogen-bond donors (Lipinski definition) is 2. The van der Waals surface area contributed by atoms with Gasteiger partial charge in [0.2, 0.25) is 5.91 Å². The average molecular weight is 452 g/mol. The number of benzene rings is 2. The molecule has 0 saturated heterocycles. The first-order valence-corrected chi connectivity index (χ1v) is 9.93. The summed E-state index contributed by atoms with van der Waals surface area (Å²) in [6.07, 6.45) is 1.61. The van der Waals surface area contributed by atoms with Crippen LogP contribution in [0.4, 0.5) is 28.9 Å². The van der Waals surface area contributed by atoms with Crippen LogP contribution in [0, 0.1) is 23.3 Å². The van der Waals surface area contributed by atoms with Crippen LogP contribution in [-0.4, -0.2) is 17.1 Å². The molecule has 0 bridgehead atoms. The largest absolute Gasteiger partial charge is 0.459 e. The average Bonchev–Trinajstić information content (AvgIpc) is 3.29. The molecule has 0 aliphatic carbocycles. The fourth-order valence-electron chi connectivity index (χ4n) is 2.62. The maximum atomic E-state index is 13.8. The van der Waals surface area contributed by atoms with Crippen molar-refractivity contribution in [2.24, 2.45) is 0 Å². The summed E-state index contributed by atoms with van der Waals surface area (Å²) in [6.45, 7) is 1.67. The van der Waals surface area contributed by atoms with Crippen molar-refractivity contribution in [1.29, 1.82) is 0 Å². The number of furan rings is 1. The van der Waals surface area contributed by atoms with E-state index in [0.717, 1.165) is 11.8 Å². The quantitative estimate of drug-likeness (QED) is 0.278. The zero-order chi connectivity index (χ0) is 22.5. The van der Waals surface area contributed by atoms with Crippen molar-refractivity contribution >= 4 is 35.0 Å². The van der Waals surface area contributed by atoms with Crippen LogP contribution in [0.1, 0.15) is 23.9 Å². The van der Waals surface area contributed by atoms with Gasteiger partial charge in [-0.15, -0.1) is 11.8 Å². The lowest BCUT2D eigenvalue weighted by Gasteiger charge is -2.16. The number of carbonyl (C=O) groups excluding carboxylic acids is 2. The predicted octanol–water partition coefficient (Wildman–Crippen LogP) is 5.60. The van der Waals surface area contributed by atoms with Gasteiger partial charge in [0.1, 0.15) is 5.69 Å². The summed E-state index contributed by atoms with van der Waals surface area (Å²) < 4.78 is 59.4. The van der Waals surface area contributed by atoms with E-state index in [4.69, 9.17) is 4.42 Å². The Morgan fingerprint density at radius 2 is 1.71 bits per heavy atom. The summed E-state index contributed by atoms with van der Waals surface area (Å²) in [5, 5.41) is 3.74. The Bertz CT molecular complexity index is 1080. The minimum absolute atomic E-state index is 0.0644. The monoisotopic (exact) mass is 452 g/mol. The van der Waals surface area contributed by atoms with E-state index in [2.05, 4.69) is 5.32 Å². The molecule has 1 heterocycles. The number of amides is 2. The molecule has 1 aromatic heterocycles. The Hall–Kier alpha value is -3.27. The van der Waals surface area contributed by atoms with E-state index in [1.807, 2.05) is 5.32 Å². The van der Waals surface area contributed by atoms with Gasteiger partial charge in [-0.1, -0.05) is 13.0 Å². The summed E-state index contributed by atoms with van der Waals surface area (Å²) in [6, 6.07) is 9.68. The number of nitrogens with one attached hydrogen (secondary N) is 2. The molecule has 0 saturated carbocycles. The van der Waals surface area contributed by atoms with Crippen LogP contribution in [0.15, 0.2) is 58.0 Å². The molecule has 31 heavy (non-hydrogen) atoms. The Morgan fingerprint density at radius 3 is 2.32 bits per heavy atom. The Kier molecular flexibility index (Phi) is 7.01. The van der Waals surface area contributed by atoms with Crippen LogP contribution in [0.3, 0.4) is 0 Å². The SMILES string of the molecule is CCC(Sc1cccc(NC(=O)c2ccco2)c1)C(=O)Nc1c(F)c(F)cc(F)c1F. The highest BCUT2D eigenvalue weighted by atomic mass is 32.2. The summed E-state index contributed by atoms with van der Waals surface area (Å²) in [5.74, 6) is -7.78. The second-order valence-corrected chi connectivity index (χ2v) is 7.58. The van der Waals surface area contributed by atoms with E-state index >= 15 is 0 Å². The van der Waals surface area contributed by atoms with Crippen molar-refractivity contribution in [2.45, 2.75) is 23.5 Å². The molecular weight excluding hydrogens is 436 g/mol. The number of carbonyl (C=O) groups is 2. The number of anilines is 2. The lowest BCUT2D eigenvalue weighted by molar-refractivity contribution is -0.115. The number of hydrogen-bond acceptors (Lipinski definition) is 4. The third-order valence-electron chi connectivity index (χ3n) is 4.14. The number of halogens is 4. The third kappa shape index (κ3) is 5.26. The van der Waals surface area contributed by atoms with Crippen molar-refractivity contribution in [3.8, 4) is 0 Å². The molecule has 2 N–H and O–H groups in total. The predicted molar refractivity (Wildman–Crippen MR) is 108 cm³/mol. The molecule has 0 spiro atoms. The zero-order valence-electron chi connectivity index (χ0n) is 16.0. The fraction of sp³-hybridized carbons (Fsp3) is 0.143. The van der Waals surface area contributed by atoms with Gasteiger partial charge < -0.3 is 15.1 Å². The smallest absolute Gasteiger partial charge is 0.291 e. The summed E-state index contributed by atoms with van der Waals surface area (Å²) in [4.78, 5) is 25.2. The molecule has 3 aromatic rings. The third-order valence-corrected chi connectivity index (χ3v) is 5.50. The van der Waals surface area contributed by atoms with Crippen molar-refractivity contribution in [3.63, 3.8) is 0 Å². The molecule has 10 heteroatoms. The molecule has 1 unspecified atom stereocenters. The van der Waals surface area contributed by atoms with Gasteiger partial charge in [0.25, 0.3) is 5.91 Å². The van der Waals surface area contributed by atoms with Crippen molar-refractivity contribution in [2.75, 3.05) is 10.6 Å². The molecule has 0 radical (unpaired) electrons. The molecule has 2 aromatic carbocycles. The normalized spacial score (nSPS) is 11.8. The van der Waals surface area contributed by atoms with E-state index in [-0.39, 0.29) is 18.2 Å². The minimum Gasteiger partial charge on any atom is -0.459 e. The lowest BCUT2D eigenvalue weighted by atomic mass is 10.2. The van der Waals surface area contributed by atoms with Crippen LogP contribution in [0.25, 0.3) is 0 Å². The van der Waals surface area contributed by atoms with E-state index < -0.39 is 46.0 Å². The molecule has 1 atom stereocenters. The number of thioether (sulfide) groups is 1. The van der Waals surface area contributed by atoms with Crippen molar-refractivity contribution in [3.05, 3.63) is 77.8 Å². The maximum absolute atomic E-state index is 13.8. The van der Waals surface area contributed by atoms with Crippen LogP contribution >= 0.6 is 11.8 Å². The summed E-state index contributed by atoms with van der Waals surface area (Å²) in [5.41, 5.74) is -0.744. The molecule has 2 amide bonds. The highest BCUT2D eigenvalue weighted by Crippen LogP contribution is 2.30. The first kappa shape index (κ1) is 22.4. The Labute approximate surface area is 178 Å². The highest BCUT2D eigenvalue weighted by molar-refractivity contribution is 8.00. The molecule has 0 aliphatic rings. The molecule has 5 nitrogen and oxygen atoms in total. The van der Waals surface area contributed by atoms with Gasteiger partial charge in [0, 0.05) is 16.6 Å². The zero-order valence-corrected chi connectivity index (χ0v) is 16.9. The second-order valence-electron chi connectivity index (χ2n) is 6.31. The first-order chi connectivity index (χ1) is 14.8. The summed E-state index contributed by atoms with van der Waals surface area (Å²) in [7, 11) is 0. The highest BCUT2D eigenvalue weighted by Gasteiger charge is 2.25. The van der Waals surface area contributed by atoms with Crippen LogP contribution in [-0.2, 0) is 4.79 Å². The van der Waals surface area contributed by atoms with Crippen LogP contribution < -0.4 is 10.6 Å². The van der Waals surface area contributed by atoms with E-state index in [1.54, 1.807) is 37.3 Å². The van der Waals surface area contributed by atoms with Crippen molar-refractivity contribution in [1.82, 2.24) is 0 Å². The molecular formula is C21H16F4N2O3S.